The lowest BCUT2D eigenvalue weighted by molar-refractivity contribution is 0.103. The molecule has 1 N–H and O–H groups in total. The van der Waals surface area contributed by atoms with E-state index >= 15 is 8.78 Å². The molecule has 0 aliphatic rings. The molecule has 2 aromatic heterocycles. The zero-order valence-electron chi connectivity index (χ0n) is 22.8. The Morgan fingerprint density at radius 2 is 1.40 bits per heavy atom. The highest BCUT2D eigenvalue weighted by Gasteiger charge is 2.36. The summed E-state index contributed by atoms with van der Waals surface area (Å²) in [7, 11) is 0. The fourth-order valence-electron chi connectivity index (χ4n) is 5.29. The van der Waals surface area contributed by atoms with Crippen molar-refractivity contribution in [3.63, 3.8) is 0 Å². The Labute approximate surface area is 231 Å². The van der Waals surface area contributed by atoms with E-state index in [1.54, 1.807) is 34.8 Å². The Kier molecular flexibility index (Phi) is 9.33. The van der Waals surface area contributed by atoms with Gasteiger partial charge in [0.25, 0.3) is 6.85 Å². The van der Waals surface area contributed by atoms with Crippen molar-refractivity contribution in [2.45, 2.75) is 65.0 Å². The second-order valence-electron chi connectivity index (χ2n) is 10.2. The van der Waals surface area contributed by atoms with Gasteiger partial charge in [0.05, 0.1) is 11.6 Å². The smallest absolute Gasteiger partial charge is 0.260 e. The Hall–Kier alpha value is -3.62. The fraction of sp³-hybridized carbons (Fsp3) is 0.323. The molecular formula is C31H32BF5N2O. The van der Waals surface area contributed by atoms with E-state index in [2.05, 4.69) is 4.98 Å². The number of ketones is 1. The summed E-state index contributed by atoms with van der Waals surface area (Å²) in [5.41, 5.74) is 1.28. The van der Waals surface area contributed by atoms with Crippen LogP contribution in [0.15, 0.2) is 54.7 Å². The average molecular weight is 554 g/mol. The number of H-pyrrole nitrogens is 1. The van der Waals surface area contributed by atoms with E-state index < -0.39 is 40.6 Å². The Balaban J connectivity index is 2.01. The van der Waals surface area contributed by atoms with Gasteiger partial charge in [-0.25, -0.2) is 22.0 Å². The second kappa shape index (κ2) is 12.7. The molecule has 0 bridgehead atoms. The summed E-state index contributed by atoms with van der Waals surface area (Å²) < 4.78 is 75.4. The fourth-order valence-corrected chi connectivity index (χ4v) is 5.29. The summed E-state index contributed by atoms with van der Waals surface area (Å²) in [4.78, 5) is 16.7. The van der Waals surface area contributed by atoms with Gasteiger partial charge in [-0.05, 0) is 31.2 Å². The van der Waals surface area contributed by atoms with Gasteiger partial charge in [-0.15, -0.1) is 0 Å². The quantitative estimate of drug-likeness (QED) is 0.0615. The summed E-state index contributed by atoms with van der Waals surface area (Å²) in [5, 5.41) is 0. The number of benzene rings is 2. The van der Waals surface area contributed by atoms with Gasteiger partial charge in [0.15, 0.2) is 23.3 Å². The predicted molar refractivity (Wildman–Crippen MR) is 148 cm³/mol. The first-order chi connectivity index (χ1) is 19.2. The van der Waals surface area contributed by atoms with E-state index in [0.717, 1.165) is 31.2 Å². The van der Waals surface area contributed by atoms with Crippen LogP contribution in [-0.4, -0.2) is 22.1 Å². The molecule has 4 rings (SSSR count). The lowest BCUT2D eigenvalue weighted by Gasteiger charge is -2.26. The lowest BCUT2D eigenvalue weighted by atomic mass is 9.53. The topological polar surface area (TPSA) is 37.8 Å². The highest BCUT2D eigenvalue weighted by Crippen LogP contribution is 2.39. The summed E-state index contributed by atoms with van der Waals surface area (Å²) in [6.07, 6.45) is 6.32. The minimum absolute atomic E-state index is 0.229. The summed E-state index contributed by atoms with van der Waals surface area (Å²) >= 11 is 0. The molecule has 0 spiro atoms. The van der Waals surface area contributed by atoms with Crippen LogP contribution in [0.4, 0.5) is 22.0 Å². The van der Waals surface area contributed by atoms with Gasteiger partial charge in [0, 0.05) is 28.7 Å². The minimum atomic E-state index is -2.21. The first kappa shape index (κ1) is 29.4. The summed E-state index contributed by atoms with van der Waals surface area (Å²) in [5.74, 6) is -11.7. The molecule has 4 aromatic rings. The maximum atomic E-state index is 15.3. The van der Waals surface area contributed by atoms with Crippen LogP contribution in [0.2, 0.25) is 12.6 Å². The number of aromatic nitrogens is 2. The highest BCUT2D eigenvalue weighted by molar-refractivity contribution is 6.58. The van der Waals surface area contributed by atoms with E-state index in [1.807, 2.05) is 32.9 Å². The van der Waals surface area contributed by atoms with Crippen molar-refractivity contribution in [2.24, 2.45) is 0 Å². The number of rotatable bonds is 12. The van der Waals surface area contributed by atoms with Crippen LogP contribution in [0.5, 0.6) is 0 Å². The van der Waals surface area contributed by atoms with Crippen molar-refractivity contribution in [1.82, 2.24) is 9.46 Å². The van der Waals surface area contributed by atoms with Crippen molar-refractivity contribution < 1.29 is 26.7 Å². The number of aromatic amines is 1. The van der Waals surface area contributed by atoms with Crippen molar-refractivity contribution >= 4 is 12.6 Å². The molecule has 3 nitrogen and oxygen atoms in total. The minimum Gasteiger partial charge on any atom is -0.386 e. The van der Waals surface area contributed by atoms with Crippen molar-refractivity contribution in [2.75, 3.05) is 0 Å². The first-order valence-electron chi connectivity index (χ1n) is 13.7. The van der Waals surface area contributed by atoms with E-state index in [4.69, 9.17) is 0 Å². The molecule has 1 unspecified atom stereocenters. The number of hydrogen-bond acceptors (Lipinski definition) is 1. The van der Waals surface area contributed by atoms with Crippen LogP contribution < -0.4 is 0 Å². The number of nitrogens with zero attached hydrogens (tertiary/aromatic N) is 1. The van der Waals surface area contributed by atoms with E-state index in [0.29, 0.717) is 23.9 Å². The molecule has 40 heavy (non-hydrogen) atoms. The van der Waals surface area contributed by atoms with Crippen LogP contribution in [0.25, 0.3) is 0 Å². The van der Waals surface area contributed by atoms with Crippen LogP contribution in [0, 0.1) is 36.0 Å². The normalized spacial score (nSPS) is 12.1. The van der Waals surface area contributed by atoms with Crippen LogP contribution in [-0.2, 0) is 0 Å². The molecule has 0 saturated heterocycles. The molecule has 9 heteroatoms. The first-order valence-corrected chi connectivity index (χ1v) is 13.7. The maximum absolute atomic E-state index is 15.3. The number of hydrogen-bond donors (Lipinski definition) is 1. The van der Waals surface area contributed by atoms with Crippen LogP contribution in [0.3, 0.4) is 0 Å². The molecule has 1 atom stereocenters. The second-order valence-corrected chi connectivity index (χ2v) is 10.2. The van der Waals surface area contributed by atoms with Gasteiger partial charge in [0.1, 0.15) is 0 Å². The van der Waals surface area contributed by atoms with Gasteiger partial charge < -0.3 is 9.46 Å². The highest BCUT2D eigenvalue weighted by atomic mass is 19.2. The molecule has 0 fully saturated rings. The molecule has 2 aromatic carbocycles. The summed E-state index contributed by atoms with van der Waals surface area (Å²) in [6.45, 7) is 5.77. The van der Waals surface area contributed by atoms with Crippen molar-refractivity contribution in [1.29, 1.82) is 0 Å². The van der Waals surface area contributed by atoms with Crippen molar-refractivity contribution in [3.8, 4) is 0 Å². The predicted octanol–water partition coefficient (Wildman–Crippen LogP) is 8.67. The molecule has 0 amide bonds. The molecule has 2 heterocycles. The Morgan fingerprint density at radius 1 is 0.825 bits per heavy atom. The number of unbranched alkanes of at least 4 members (excludes halogenated alkanes) is 2. The van der Waals surface area contributed by atoms with E-state index in [9.17, 15) is 18.0 Å². The van der Waals surface area contributed by atoms with E-state index in [1.165, 1.54) is 12.3 Å². The maximum Gasteiger partial charge on any atom is 0.260 e. The number of halogens is 5. The number of nitrogens with one attached hydrogen (secondary N) is 1. The van der Waals surface area contributed by atoms with Crippen LogP contribution >= 0.6 is 0 Å². The van der Waals surface area contributed by atoms with Gasteiger partial charge in [0.2, 0.25) is 11.6 Å². The standard InChI is InChI=1S/C31H32BF5N2O/c1-4-6-16-32(17-7-5-2)39-22(14-15-23(39)31(40)20-12-10-19(3)11-13-20)24(21-9-8-18-38-21)25-26(33)28(35)30(37)29(36)27(25)34/h8-15,18,24,38H,4-7,16-17H2,1-3H3. The largest absolute Gasteiger partial charge is 0.386 e. The zero-order valence-corrected chi connectivity index (χ0v) is 22.8. The van der Waals surface area contributed by atoms with Crippen LogP contribution in [0.1, 0.15) is 84.0 Å². The molecule has 0 aliphatic heterocycles. The molecule has 0 saturated carbocycles. The SMILES string of the molecule is CCCCB(CCCC)n1c(C(=O)c2ccc(C)cc2)ccc1C(c1ccc[nH]1)c1c(F)c(F)c(F)c(F)c1F. The van der Waals surface area contributed by atoms with E-state index in [-0.39, 0.29) is 24.0 Å². The third-order valence-electron chi connectivity index (χ3n) is 7.40. The van der Waals surface area contributed by atoms with Gasteiger partial charge in [-0.2, -0.15) is 0 Å². The molecule has 0 radical (unpaired) electrons. The van der Waals surface area contributed by atoms with Gasteiger partial charge in [-0.3, -0.25) is 4.79 Å². The molecular weight excluding hydrogens is 522 g/mol. The van der Waals surface area contributed by atoms with Gasteiger partial charge in [-0.1, -0.05) is 82.0 Å². The van der Waals surface area contributed by atoms with Crippen molar-refractivity contribution in [3.05, 3.63) is 118 Å². The number of aryl methyl sites for hydroxylation is 1. The number of carbonyl (C=O) groups excluding carboxylic acids is 1. The molecule has 0 aliphatic carbocycles. The third kappa shape index (κ3) is 5.65. The summed E-state index contributed by atoms with van der Waals surface area (Å²) in [6, 6.07) is 13.4. The monoisotopic (exact) mass is 554 g/mol. The Morgan fingerprint density at radius 3 is 1.93 bits per heavy atom. The number of carbonyl (C=O) groups is 1. The Bertz CT molecular complexity index is 1430. The average Bonchev–Trinajstić information content (AvgIpc) is 3.64. The van der Waals surface area contributed by atoms with Gasteiger partial charge >= 0.3 is 0 Å². The lowest BCUT2D eigenvalue weighted by Crippen LogP contribution is -2.31. The third-order valence-corrected chi connectivity index (χ3v) is 7.40. The molecule has 210 valence electrons. The zero-order chi connectivity index (χ0) is 29.0.